The summed E-state index contributed by atoms with van der Waals surface area (Å²) < 4.78 is 4.64. The van der Waals surface area contributed by atoms with Gasteiger partial charge in [0.15, 0.2) is 0 Å². The van der Waals surface area contributed by atoms with Crippen LogP contribution in [0.5, 0.6) is 0 Å². The van der Waals surface area contributed by atoms with Gasteiger partial charge in [-0.3, -0.25) is 0 Å². The van der Waals surface area contributed by atoms with Crippen molar-refractivity contribution in [3.8, 4) is 0 Å². The fourth-order valence-electron chi connectivity index (χ4n) is 4.80. The second-order valence-electron chi connectivity index (χ2n) is 9.62. The Balaban J connectivity index is 4.59. The zero-order chi connectivity index (χ0) is 21.6. The molecule has 0 aliphatic rings. The van der Waals surface area contributed by atoms with Crippen molar-refractivity contribution in [2.24, 2.45) is 0 Å². The average molecular weight is 521 g/mol. The molecule has 0 aromatic carbocycles. The van der Waals surface area contributed by atoms with Crippen LogP contribution in [0.4, 0.5) is 0 Å². The molecule has 0 bridgehead atoms. The Labute approximate surface area is 188 Å². The van der Waals surface area contributed by atoms with Gasteiger partial charge in [0, 0.05) is 0 Å². The van der Waals surface area contributed by atoms with Gasteiger partial charge in [-0.2, -0.15) is 0 Å². The van der Waals surface area contributed by atoms with Crippen LogP contribution in [0.2, 0.25) is 17.5 Å². The molecule has 0 aliphatic heterocycles. The van der Waals surface area contributed by atoms with E-state index in [1.165, 1.54) is 129 Å². The van der Waals surface area contributed by atoms with E-state index >= 15 is 0 Å². The Kier molecular flexibility index (Phi) is 21.7. The van der Waals surface area contributed by atoms with E-state index in [0.29, 0.717) is 4.37 Å². The van der Waals surface area contributed by atoms with Crippen molar-refractivity contribution in [2.45, 2.75) is 154 Å². The molecule has 0 heterocycles. The molecule has 176 valence electrons. The third kappa shape index (κ3) is 18.8. The number of hydrogen-bond donors (Lipinski definition) is 1. The molecule has 0 spiro atoms. The van der Waals surface area contributed by atoms with Gasteiger partial charge in [0.25, 0.3) is 0 Å². The number of unbranched alkanes of at least 4 members (excludes halogenated alkanes) is 15. The molecule has 0 aliphatic carbocycles. The van der Waals surface area contributed by atoms with Gasteiger partial charge in [0.05, 0.1) is 0 Å². The Morgan fingerprint density at radius 3 is 1.07 bits per heavy atom. The molecule has 0 aromatic rings. The van der Waals surface area contributed by atoms with Crippen LogP contribution in [0.1, 0.15) is 136 Å². The second kappa shape index (κ2) is 21.5. The maximum absolute atomic E-state index is 11.8. The summed E-state index contributed by atoms with van der Waals surface area (Å²) >= 11 is -2.55. The van der Waals surface area contributed by atoms with Crippen molar-refractivity contribution in [2.75, 3.05) is 0 Å². The van der Waals surface area contributed by atoms with E-state index in [9.17, 15) is 9.90 Å². The summed E-state index contributed by atoms with van der Waals surface area (Å²) in [6.07, 6.45) is 24.1. The molecular formula is C26H55O2Sb. The van der Waals surface area contributed by atoms with Gasteiger partial charge in [-0.1, -0.05) is 0 Å². The summed E-state index contributed by atoms with van der Waals surface area (Å²) in [5.74, 6) is -0.483. The van der Waals surface area contributed by atoms with Gasteiger partial charge in [-0.25, -0.2) is 0 Å². The van der Waals surface area contributed by atoms with Gasteiger partial charge >= 0.3 is 188 Å². The fourth-order valence-corrected chi connectivity index (χ4v) is 18.8. The van der Waals surface area contributed by atoms with E-state index in [2.05, 4.69) is 20.8 Å². The first kappa shape index (κ1) is 29.3. The van der Waals surface area contributed by atoms with Gasteiger partial charge < -0.3 is 0 Å². The monoisotopic (exact) mass is 520 g/mol. The van der Waals surface area contributed by atoms with Crippen LogP contribution >= 0.6 is 0 Å². The quantitative estimate of drug-likeness (QED) is 0.107. The zero-order valence-electron chi connectivity index (χ0n) is 20.4. The molecular weight excluding hydrogens is 466 g/mol. The Morgan fingerprint density at radius 1 is 0.517 bits per heavy atom. The summed E-state index contributed by atoms with van der Waals surface area (Å²) in [6.45, 7) is 6.82. The summed E-state index contributed by atoms with van der Waals surface area (Å²) in [7, 11) is 0. The van der Waals surface area contributed by atoms with Crippen LogP contribution in [0.3, 0.4) is 0 Å². The topological polar surface area (TPSA) is 37.3 Å². The summed E-state index contributed by atoms with van der Waals surface area (Å²) in [6, 6.07) is 0. The molecule has 0 fully saturated rings. The van der Waals surface area contributed by atoms with Crippen LogP contribution in [-0.2, 0) is 4.79 Å². The van der Waals surface area contributed by atoms with Crippen LogP contribution in [0, 0.1) is 0 Å². The molecule has 0 saturated heterocycles. The SMILES string of the molecule is CCCCCCC[CH2][SbH]([CH2]CCCCCCC)([CH2]CCCCCCC)[CH2]C(=O)O. The molecule has 0 rings (SSSR count). The van der Waals surface area contributed by atoms with Crippen molar-refractivity contribution in [3.05, 3.63) is 0 Å². The van der Waals surface area contributed by atoms with Gasteiger partial charge in [0.1, 0.15) is 0 Å². The fraction of sp³-hybridized carbons (Fsp3) is 0.962. The number of carbonyl (C=O) groups is 1. The zero-order valence-corrected chi connectivity index (χ0v) is 23.3. The van der Waals surface area contributed by atoms with Crippen molar-refractivity contribution in [1.82, 2.24) is 0 Å². The van der Waals surface area contributed by atoms with Crippen molar-refractivity contribution in [3.63, 3.8) is 0 Å². The molecule has 0 atom stereocenters. The van der Waals surface area contributed by atoms with Gasteiger partial charge in [-0.05, 0) is 0 Å². The molecule has 0 aromatic heterocycles. The molecule has 0 unspecified atom stereocenters. The Bertz CT molecular complexity index is 316. The first-order valence-corrected chi connectivity index (χ1v) is 21.4. The third-order valence-corrected chi connectivity index (χ3v) is 21.8. The summed E-state index contributed by atoms with van der Waals surface area (Å²) in [5, 5.41) is 9.72. The normalized spacial score (nSPS) is 12.4. The number of carboxylic acid groups (broad SMARTS) is 1. The first-order chi connectivity index (χ1) is 14.1. The number of aliphatic carboxylic acids is 1. The molecule has 2 nitrogen and oxygen atoms in total. The first-order valence-electron chi connectivity index (χ1n) is 13.3. The van der Waals surface area contributed by atoms with Gasteiger partial charge in [-0.15, -0.1) is 0 Å². The Morgan fingerprint density at radius 2 is 0.793 bits per heavy atom. The van der Waals surface area contributed by atoms with Crippen LogP contribution in [0.15, 0.2) is 0 Å². The summed E-state index contributed by atoms with van der Waals surface area (Å²) in [4.78, 5) is 11.8. The standard InChI is InChI=1S/3C8H17.C2H3O2.Sb.H/c3*1-3-5-7-8-6-4-2;1-2(3)4;;/h3*1,3-8H2,2H3;1H2,(H,3,4);;. The van der Waals surface area contributed by atoms with Crippen LogP contribution < -0.4 is 0 Å². The van der Waals surface area contributed by atoms with Crippen molar-refractivity contribution < 1.29 is 9.90 Å². The predicted octanol–water partition coefficient (Wildman–Crippen LogP) is 9.33. The number of carboxylic acids is 1. The van der Waals surface area contributed by atoms with Crippen molar-refractivity contribution >= 4 is 24.8 Å². The van der Waals surface area contributed by atoms with E-state index in [-0.39, 0.29) is 0 Å². The maximum atomic E-state index is 11.8. The predicted molar refractivity (Wildman–Crippen MR) is 134 cm³/mol. The minimum absolute atomic E-state index is 0.483. The van der Waals surface area contributed by atoms with E-state index in [0.717, 1.165) is 0 Å². The second-order valence-corrected chi connectivity index (χ2v) is 23.5. The number of rotatable bonds is 23. The third-order valence-electron chi connectivity index (χ3n) is 6.71. The minimum atomic E-state index is -2.55. The molecule has 0 amide bonds. The van der Waals surface area contributed by atoms with E-state index in [1.54, 1.807) is 0 Å². The summed E-state index contributed by atoms with van der Waals surface area (Å²) in [5.41, 5.74) is 0. The van der Waals surface area contributed by atoms with Crippen LogP contribution in [-0.4, -0.2) is 29.9 Å². The molecule has 3 heteroatoms. The van der Waals surface area contributed by atoms with Crippen LogP contribution in [0.25, 0.3) is 0 Å². The van der Waals surface area contributed by atoms with Gasteiger partial charge in [0.2, 0.25) is 0 Å². The molecule has 29 heavy (non-hydrogen) atoms. The Hall–Kier alpha value is 0.288. The number of hydrogen-bond acceptors (Lipinski definition) is 1. The molecule has 0 saturated carbocycles. The van der Waals surface area contributed by atoms with E-state index in [1.807, 2.05) is 0 Å². The average Bonchev–Trinajstić information content (AvgIpc) is 2.69. The van der Waals surface area contributed by atoms with E-state index in [4.69, 9.17) is 0 Å². The molecule has 0 radical (unpaired) electrons. The molecule has 1 N–H and O–H groups in total. The van der Waals surface area contributed by atoms with E-state index < -0.39 is 24.8 Å². The van der Waals surface area contributed by atoms with Crippen molar-refractivity contribution in [1.29, 1.82) is 0 Å².